The first-order valence-corrected chi connectivity index (χ1v) is 17.4. The van der Waals surface area contributed by atoms with Crippen LogP contribution in [0.5, 0.6) is 0 Å². The fraction of sp³-hybridized carbons (Fsp3) is 0.0526. The van der Waals surface area contributed by atoms with Crippen molar-refractivity contribution in [1.82, 2.24) is 9.13 Å². The summed E-state index contributed by atoms with van der Waals surface area (Å²) >= 11 is 0. The maximum absolute atomic E-state index is 2.52. The van der Waals surface area contributed by atoms with Gasteiger partial charge in [0.15, 0.2) is 0 Å². The minimum Gasteiger partial charge on any atom is -0.309 e. The molecule has 1 aliphatic rings. The van der Waals surface area contributed by atoms with Gasteiger partial charge in [-0.2, -0.15) is 0 Å². The molecule has 0 unspecified atom stereocenters. The smallest absolute Gasteiger partial charge is 0.113 e. The van der Waals surface area contributed by atoms with Crippen molar-refractivity contribution < 1.29 is 0 Å². The summed E-state index contributed by atoms with van der Waals surface area (Å²) < 4.78 is 4.90. The van der Waals surface area contributed by atoms with Crippen molar-refractivity contribution in [2.75, 3.05) is 0 Å². The molecule has 6 aromatic carbocycles. The molecule has 0 N–H and O–H groups in total. The molecule has 0 saturated heterocycles. The molecule has 0 aliphatic carbocycles. The minimum atomic E-state index is -1.81. The molecule has 3 heterocycles. The van der Waals surface area contributed by atoms with E-state index in [9.17, 15) is 0 Å². The van der Waals surface area contributed by atoms with Gasteiger partial charge < -0.3 is 9.13 Å². The van der Waals surface area contributed by atoms with E-state index >= 15 is 0 Å². The minimum absolute atomic E-state index is 1.18. The van der Waals surface area contributed by atoms with E-state index in [4.69, 9.17) is 0 Å². The summed E-state index contributed by atoms with van der Waals surface area (Å²) in [7, 11) is -1.81. The summed E-state index contributed by atoms with van der Waals surface area (Å²) in [5.41, 5.74) is 10.2. The highest BCUT2D eigenvalue weighted by molar-refractivity contribution is 7.04. The molecule has 0 atom stereocenters. The predicted molar refractivity (Wildman–Crippen MR) is 177 cm³/mol. The van der Waals surface area contributed by atoms with Gasteiger partial charge in [0.25, 0.3) is 0 Å². The van der Waals surface area contributed by atoms with Crippen LogP contribution in [0.25, 0.3) is 66.1 Å². The molecule has 0 amide bonds. The highest BCUT2D eigenvalue weighted by atomic mass is 28.3. The summed E-state index contributed by atoms with van der Waals surface area (Å²) in [5.74, 6) is 0. The molecule has 0 bridgehead atoms. The van der Waals surface area contributed by atoms with Crippen LogP contribution in [0, 0.1) is 0 Å². The number of para-hydroxylation sites is 3. The zero-order chi connectivity index (χ0) is 27.3. The van der Waals surface area contributed by atoms with Crippen LogP contribution in [0.3, 0.4) is 0 Å². The Labute approximate surface area is 239 Å². The number of rotatable bonds is 2. The molecular formula is C38H28N2Si. The van der Waals surface area contributed by atoms with Gasteiger partial charge in [-0.3, -0.25) is 0 Å². The second kappa shape index (κ2) is 8.09. The average Bonchev–Trinajstić information content (AvgIpc) is 3.60. The Hall–Kier alpha value is -4.86. The summed E-state index contributed by atoms with van der Waals surface area (Å²) in [6.07, 6.45) is 0. The summed E-state index contributed by atoms with van der Waals surface area (Å²) in [6.45, 7) is 5.00. The molecule has 8 aromatic rings. The first-order chi connectivity index (χ1) is 20.1. The van der Waals surface area contributed by atoms with Gasteiger partial charge in [0.05, 0.1) is 22.1 Å². The monoisotopic (exact) mass is 540 g/mol. The van der Waals surface area contributed by atoms with Crippen molar-refractivity contribution in [3.8, 4) is 22.5 Å². The van der Waals surface area contributed by atoms with Crippen molar-refractivity contribution in [3.63, 3.8) is 0 Å². The molecule has 3 heteroatoms. The van der Waals surface area contributed by atoms with Crippen LogP contribution in [-0.2, 0) is 0 Å². The summed E-state index contributed by atoms with van der Waals surface area (Å²) in [6, 6.07) is 49.4. The van der Waals surface area contributed by atoms with Crippen LogP contribution in [0.2, 0.25) is 13.1 Å². The van der Waals surface area contributed by atoms with Gasteiger partial charge in [0.2, 0.25) is 0 Å². The first-order valence-electron chi connectivity index (χ1n) is 14.4. The Morgan fingerprint density at radius 2 is 0.976 bits per heavy atom. The number of fused-ring (bicyclic) bond motifs is 9. The quantitative estimate of drug-likeness (QED) is 0.194. The third-order valence-electron chi connectivity index (χ3n) is 9.31. The molecule has 41 heavy (non-hydrogen) atoms. The van der Waals surface area contributed by atoms with E-state index in [1.54, 1.807) is 5.19 Å². The number of nitrogens with zero attached hydrogens (tertiary/aromatic N) is 2. The second-order valence-electron chi connectivity index (χ2n) is 11.8. The lowest BCUT2D eigenvalue weighted by Gasteiger charge is -2.19. The Morgan fingerprint density at radius 1 is 0.390 bits per heavy atom. The zero-order valence-corrected chi connectivity index (χ0v) is 24.1. The van der Waals surface area contributed by atoms with Crippen LogP contribution in [0.4, 0.5) is 0 Å². The zero-order valence-electron chi connectivity index (χ0n) is 23.1. The van der Waals surface area contributed by atoms with Crippen molar-refractivity contribution in [3.05, 3.63) is 133 Å². The van der Waals surface area contributed by atoms with Crippen LogP contribution < -0.4 is 10.4 Å². The molecule has 0 fully saturated rings. The largest absolute Gasteiger partial charge is 0.309 e. The molecule has 194 valence electrons. The van der Waals surface area contributed by atoms with Crippen molar-refractivity contribution in [1.29, 1.82) is 0 Å². The van der Waals surface area contributed by atoms with Gasteiger partial charge in [0.1, 0.15) is 8.07 Å². The van der Waals surface area contributed by atoms with Crippen molar-refractivity contribution >= 4 is 62.1 Å². The SMILES string of the molecule is C[Si]1(C)c2ccccc2-c2cc3c4ccccc4n(-c4ccc5c6ccccc6n(-c6ccccc6)c5c4)c3cc21. The van der Waals surface area contributed by atoms with E-state index in [2.05, 4.69) is 156 Å². The lowest BCUT2D eigenvalue weighted by atomic mass is 10.0. The van der Waals surface area contributed by atoms with Gasteiger partial charge in [-0.1, -0.05) is 98.0 Å². The number of aromatic nitrogens is 2. The highest BCUT2D eigenvalue weighted by Gasteiger charge is 2.38. The Bertz CT molecular complexity index is 2340. The Balaban J connectivity index is 1.38. The topological polar surface area (TPSA) is 9.86 Å². The van der Waals surface area contributed by atoms with Crippen molar-refractivity contribution in [2.24, 2.45) is 0 Å². The maximum Gasteiger partial charge on any atom is 0.113 e. The highest BCUT2D eigenvalue weighted by Crippen LogP contribution is 2.39. The van der Waals surface area contributed by atoms with Crippen molar-refractivity contribution in [2.45, 2.75) is 13.1 Å². The lowest BCUT2D eigenvalue weighted by molar-refractivity contribution is 1.15. The average molecular weight is 541 g/mol. The van der Waals surface area contributed by atoms with E-state index in [-0.39, 0.29) is 0 Å². The fourth-order valence-corrected chi connectivity index (χ4v) is 10.5. The number of benzene rings is 6. The fourth-order valence-electron chi connectivity index (χ4n) is 7.39. The lowest BCUT2D eigenvalue weighted by Crippen LogP contribution is -2.49. The summed E-state index contributed by atoms with van der Waals surface area (Å²) in [5, 5.41) is 8.27. The first kappa shape index (κ1) is 22.9. The van der Waals surface area contributed by atoms with E-state index in [0.29, 0.717) is 0 Å². The van der Waals surface area contributed by atoms with E-state index in [0.717, 1.165) is 0 Å². The molecule has 1 aliphatic heterocycles. The van der Waals surface area contributed by atoms with Gasteiger partial charge in [-0.25, -0.2) is 0 Å². The van der Waals surface area contributed by atoms with E-state index in [1.165, 1.54) is 71.3 Å². The van der Waals surface area contributed by atoms with Crippen LogP contribution in [0.1, 0.15) is 0 Å². The predicted octanol–water partition coefficient (Wildman–Crippen LogP) is 8.68. The van der Waals surface area contributed by atoms with Crippen LogP contribution in [-0.4, -0.2) is 17.2 Å². The molecule has 0 spiro atoms. The van der Waals surface area contributed by atoms with Crippen LogP contribution >= 0.6 is 0 Å². The third kappa shape index (κ3) is 3.01. The molecular weight excluding hydrogens is 513 g/mol. The number of hydrogen-bond donors (Lipinski definition) is 0. The molecule has 0 saturated carbocycles. The van der Waals surface area contributed by atoms with E-state index in [1.807, 2.05) is 0 Å². The number of hydrogen-bond acceptors (Lipinski definition) is 0. The Morgan fingerprint density at radius 3 is 1.76 bits per heavy atom. The van der Waals surface area contributed by atoms with Gasteiger partial charge in [0, 0.05) is 32.9 Å². The van der Waals surface area contributed by atoms with Gasteiger partial charge >= 0.3 is 0 Å². The normalized spacial score (nSPS) is 13.8. The van der Waals surface area contributed by atoms with Crippen LogP contribution in [0.15, 0.2) is 133 Å². The standard InChI is InChI=1S/C38H28N2Si/c1-41(2)37-19-11-8-16-30(37)32-23-31-28-15-7-10-18-34(28)40(36(31)24-38(32)41)26-20-21-29-27-14-6-9-17-33(27)39(35(29)22-26)25-12-4-3-5-13-25/h3-24H,1-2H3. The molecule has 2 nitrogen and oxygen atoms in total. The van der Waals surface area contributed by atoms with Gasteiger partial charge in [-0.15, -0.1) is 0 Å². The molecule has 9 rings (SSSR count). The maximum atomic E-state index is 2.52. The second-order valence-corrected chi connectivity index (χ2v) is 16.2. The molecule has 0 radical (unpaired) electrons. The Kier molecular flexibility index (Phi) is 4.52. The molecule has 2 aromatic heterocycles. The van der Waals surface area contributed by atoms with Gasteiger partial charge in [-0.05, 0) is 70.0 Å². The van der Waals surface area contributed by atoms with E-state index < -0.39 is 8.07 Å². The third-order valence-corrected chi connectivity index (χ3v) is 12.8. The summed E-state index contributed by atoms with van der Waals surface area (Å²) in [4.78, 5) is 0.